The molecule has 0 bridgehead atoms. The number of aromatic nitrogens is 3. The van der Waals surface area contributed by atoms with Gasteiger partial charge >= 0.3 is 12.2 Å². The van der Waals surface area contributed by atoms with Gasteiger partial charge in [0.25, 0.3) is 0 Å². The smallest absolute Gasteiger partial charge is 0.420 e. The number of carbonyl (C=O) groups excluding carboxylic acids is 2. The fourth-order valence-electron chi connectivity index (χ4n) is 5.47. The summed E-state index contributed by atoms with van der Waals surface area (Å²) in [7, 11) is 0. The van der Waals surface area contributed by atoms with Crippen LogP contribution < -0.4 is 14.5 Å². The first-order valence-electron chi connectivity index (χ1n) is 15.8. The minimum absolute atomic E-state index is 0.0889. The van der Waals surface area contributed by atoms with E-state index in [0.717, 1.165) is 18.4 Å². The van der Waals surface area contributed by atoms with Crippen molar-refractivity contribution in [2.75, 3.05) is 36.0 Å². The lowest BCUT2D eigenvalue weighted by molar-refractivity contribution is 0.0198. The van der Waals surface area contributed by atoms with E-state index in [4.69, 9.17) is 19.2 Å². The number of hydrogen-bond donors (Lipinski definition) is 0. The highest BCUT2D eigenvalue weighted by molar-refractivity contribution is 5.97. The van der Waals surface area contributed by atoms with Crippen LogP contribution in [0, 0.1) is 0 Å². The lowest BCUT2D eigenvalue weighted by Crippen LogP contribution is -2.51. The quantitative estimate of drug-likeness (QED) is 0.214. The van der Waals surface area contributed by atoms with Crippen molar-refractivity contribution in [3.63, 3.8) is 0 Å². The number of allylic oxidation sites excluding steroid dienone is 1. The van der Waals surface area contributed by atoms with Crippen LogP contribution in [0.2, 0.25) is 0 Å². The van der Waals surface area contributed by atoms with Crippen molar-refractivity contribution >= 4 is 35.2 Å². The van der Waals surface area contributed by atoms with E-state index in [0.29, 0.717) is 61.4 Å². The molecule has 1 fully saturated rings. The Morgan fingerprint density at radius 2 is 1.72 bits per heavy atom. The maximum Gasteiger partial charge on any atom is 0.420 e. The van der Waals surface area contributed by atoms with E-state index < -0.39 is 17.3 Å². The van der Waals surface area contributed by atoms with Crippen LogP contribution in [0.1, 0.15) is 66.9 Å². The molecule has 0 radical (unpaired) electrons. The molecule has 11 nitrogen and oxygen atoms in total. The molecule has 0 N–H and O–H groups in total. The maximum absolute atomic E-state index is 14.1. The van der Waals surface area contributed by atoms with Crippen molar-refractivity contribution in [2.24, 2.45) is 0 Å². The first-order chi connectivity index (χ1) is 21.8. The average Bonchev–Trinajstić information content (AvgIpc) is 3.45. The maximum atomic E-state index is 14.1. The van der Waals surface area contributed by atoms with E-state index in [1.54, 1.807) is 27.8 Å². The summed E-state index contributed by atoms with van der Waals surface area (Å²) in [5.74, 6) is 1.82. The monoisotopic (exact) mass is 632 g/mol. The molecule has 46 heavy (non-hydrogen) atoms. The van der Waals surface area contributed by atoms with Gasteiger partial charge in [-0.3, -0.25) is 0 Å². The molecule has 3 aromatic rings. The molecule has 0 saturated carbocycles. The highest BCUT2D eigenvalue weighted by atomic mass is 16.6. The lowest BCUT2D eigenvalue weighted by Gasteiger charge is -2.41. The number of nitrogens with zero attached hydrogens (tertiary/aromatic N) is 6. The summed E-state index contributed by atoms with van der Waals surface area (Å²) >= 11 is 0. The second-order valence-electron chi connectivity index (χ2n) is 13.2. The Balaban J connectivity index is 1.90. The summed E-state index contributed by atoms with van der Waals surface area (Å²) in [6.07, 6.45) is 6.35. The fourth-order valence-corrected chi connectivity index (χ4v) is 5.47. The first-order valence-corrected chi connectivity index (χ1v) is 15.8. The standard InChI is InChI=1S/C35H48N6O5/c1-10-14-28-30(39(22-11-2)26-15-13-23-38(24-26)32(42)45-34(4,5)6)37-29-20-21-36-41(29)31(28)40(33(43)46-35(7,8)9)25-16-18-27(19-17-25)44-12-3/h10-11,16-21,26H,1-2,12-15,22-24H2,3-9H3. The van der Waals surface area contributed by atoms with Gasteiger partial charge in [-0.2, -0.15) is 9.61 Å². The Hall–Kier alpha value is -4.54. The van der Waals surface area contributed by atoms with E-state index in [-0.39, 0.29) is 12.1 Å². The highest BCUT2D eigenvalue weighted by Crippen LogP contribution is 2.38. The number of anilines is 3. The number of rotatable bonds is 10. The van der Waals surface area contributed by atoms with Gasteiger partial charge < -0.3 is 24.0 Å². The number of piperidine rings is 1. The molecule has 1 atom stereocenters. The van der Waals surface area contributed by atoms with Crippen molar-refractivity contribution in [2.45, 2.75) is 85.0 Å². The summed E-state index contributed by atoms with van der Waals surface area (Å²) in [5, 5.41) is 4.60. The third kappa shape index (κ3) is 8.18. The van der Waals surface area contributed by atoms with Crippen LogP contribution in [0.15, 0.2) is 61.8 Å². The van der Waals surface area contributed by atoms with Gasteiger partial charge in [0.2, 0.25) is 0 Å². The predicted octanol–water partition coefficient (Wildman–Crippen LogP) is 7.32. The van der Waals surface area contributed by atoms with E-state index >= 15 is 0 Å². The Bertz CT molecular complexity index is 1540. The molecule has 11 heteroatoms. The molecule has 2 amide bonds. The minimum Gasteiger partial charge on any atom is -0.494 e. The van der Waals surface area contributed by atoms with Gasteiger partial charge in [0.05, 0.1) is 18.5 Å². The van der Waals surface area contributed by atoms with Crippen molar-refractivity contribution in [1.82, 2.24) is 19.5 Å². The number of carbonyl (C=O) groups is 2. The zero-order chi connectivity index (χ0) is 33.6. The third-order valence-corrected chi connectivity index (χ3v) is 7.21. The SMILES string of the molecule is C=CCc1c(N(CC=C)C2CCCN(C(=O)OC(C)(C)C)C2)nc2ccnn2c1N(C(=O)OC(C)(C)C)c1ccc(OCC)cc1. The Labute approximate surface area is 272 Å². The summed E-state index contributed by atoms with van der Waals surface area (Å²) in [6.45, 7) is 23.1. The Morgan fingerprint density at radius 3 is 2.33 bits per heavy atom. The van der Waals surface area contributed by atoms with Gasteiger partial charge in [-0.1, -0.05) is 12.2 Å². The van der Waals surface area contributed by atoms with Gasteiger partial charge in [0.15, 0.2) is 11.5 Å². The molecular weight excluding hydrogens is 584 g/mol. The molecule has 4 rings (SSSR count). The molecule has 1 saturated heterocycles. The van der Waals surface area contributed by atoms with Gasteiger partial charge in [-0.05, 0) is 92.0 Å². The molecule has 1 aliphatic heterocycles. The van der Waals surface area contributed by atoms with Crippen LogP contribution in [0.3, 0.4) is 0 Å². The number of amides is 2. The van der Waals surface area contributed by atoms with Crippen LogP contribution in [0.5, 0.6) is 5.75 Å². The topological polar surface area (TPSA) is 102 Å². The molecule has 0 spiro atoms. The number of ether oxygens (including phenoxy) is 3. The lowest BCUT2D eigenvalue weighted by atomic mass is 10.0. The minimum atomic E-state index is -0.764. The summed E-state index contributed by atoms with van der Waals surface area (Å²) in [6, 6.07) is 9.00. The van der Waals surface area contributed by atoms with Gasteiger partial charge in [0, 0.05) is 37.3 Å². The largest absolute Gasteiger partial charge is 0.494 e. The molecule has 3 heterocycles. The van der Waals surface area contributed by atoms with Crippen LogP contribution in [-0.4, -0.2) is 75.2 Å². The fraction of sp³-hybridized carbons (Fsp3) is 0.486. The molecule has 1 unspecified atom stereocenters. The van der Waals surface area contributed by atoms with Crippen molar-refractivity contribution < 1.29 is 23.8 Å². The molecule has 248 valence electrons. The van der Waals surface area contributed by atoms with Crippen molar-refractivity contribution in [3.8, 4) is 5.75 Å². The third-order valence-electron chi connectivity index (χ3n) is 7.21. The van der Waals surface area contributed by atoms with Gasteiger partial charge in [0.1, 0.15) is 22.8 Å². The second-order valence-corrected chi connectivity index (χ2v) is 13.2. The van der Waals surface area contributed by atoms with Gasteiger partial charge in [-0.15, -0.1) is 13.2 Å². The number of benzene rings is 1. The van der Waals surface area contributed by atoms with Gasteiger partial charge in [-0.25, -0.2) is 19.5 Å². The molecule has 1 aromatic carbocycles. The molecule has 1 aliphatic rings. The van der Waals surface area contributed by atoms with E-state index in [9.17, 15) is 9.59 Å². The van der Waals surface area contributed by atoms with Crippen LogP contribution in [-0.2, 0) is 15.9 Å². The zero-order valence-electron chi connectivity index (χ0n) is 28.3. The predicted molar refractivity (Wildman–Crippen MR) is 181 cm³/mol. The zero-order valence-corrected chi connectivity index (χ0v) is 28.3. The molecule has 2 aromatic heterocycles. The summed E-state index contributed by atoms with van der Waals surface area (Å²) in [4.78, 5) is 37.8. The van der Waals surface area contributed by atoms with Crippen molar-refractivity contribution in [3.05, 3.63) is 67.4 Å². The van der Waals surface area contributed by atoms with Crippen molar-refractivity contribution in [1.29, 1.82) is 0 Å². The van der Waals surface area contributed by atoms with E-state index in [2.05, 4.69) is 23.2 Å². The Morgan fingerprint density at radius 1 is 1.02 bits per heavy atom. The average molecular weight is 633 g/mol. The van der Waals surface area contributed by atoms with E-state index in [1.165, 1.54) is 4.90 Å². The van der Waals surface area contributed by atoms with Crippen LogP contribution in [0.25, 0.3) is 5.65 Å². The van der Waals surface area contributed by atoms with Crippen LogP contribution in [0.4, 0.5) is 26.9 Å². The summed E-state index contributed by atoms with van der Waals surface area (Å²) < 4.78 is 19.0. The normalized spacial score (nSPS) is 15.3. The second kappa shape index (κ2) is 14.3. The van der Waals surface area contributed by atoms with Crippen LogP contribution >= 0.6 is 0 Å². The first kappa shape index (κ1) is 34.3. The Kier molecular flexibility index (Phi) is 10.6. The number of likely N-dealkylation sites (tertiary alicyclic amines) is 1. The molecular formula is C35H48N6O5. The number of hydrogen-bond acceptors (Lipinski definition) is 8. The number of fused-ring (bicyclic) bond motifs is 1. The molecule has 0 aliphatic carbocycles. The summed E-state index contributed by atoms with van der Waals surface area (Å²) in [5.41, 5.74) is 0.479. The highest BCUT2D eigenvalue weighted by Gasteiger charge is 2.35. The van der Waals surface area contributed by atoms with E-state index in [1.807, 2.05) is 78.8 Å².